The molecule has 0 amide bonds. The van der Waals surface area contributed by atoms with Gasteiger partial charge in [-0.15, -0.1) is 0 Å². The molecule has 1 atom stereocenters. The summed E-state index contributed by atoms with van der Waals surface area (Å²) in [4.78, 5) is 17.6. The number of hydrogen-bond acceptors (Lipinski definition) is 4. The van der Waals surface area contributed by atoms with Gasteiger partial charge in [-0.1, -0.05) is 12.1 Å². The van der Waals surface area contributed by atoms with Crippen LogP contribution in [0.2, 0.25) is 0 Å². The Bertz CT molecular complexity index is 722. The van der Waals surface area contributed by atoms with Crippen LogP contribution in [0.15, 0.2) is 36.9 Å². The van der Waals surface area contributed by atoms with Crippen molar-refractivity contribution >= 4 is 17.0 Å². The Morgan fingerprint density at radius 3 is 2.65 bits per heavy atom. The molecule has 20 heavy (non-hydrogen) atoms. The lowest BCUT2D eigenvalue weighted by Crippen LogP contribution is -2.23. The maximum absolute atomic E-state index is 13.0. The molecule has 0 aliphatic carbocycles. The molecular formula is C14H14FN5. The van der Waals surface area contributed by atoms with Crippen LogP contribution in [0.25, 0.3) is 11.2 Å². The average Bonchev–Trinajstić information content (AvgIpc) is 2.95. The molecule has 2 aromatic heterocycles. The van der Waals surface area contributed by atoms with E-state index in [1.54, 1.807) is 18.5 Å². The zero-order chi connectivity index (χ0) is 14.1. The molecule has 0 fully saturated rings. The van der Waals surface area contributed by atoms with Crippen LogP contribution in [0.1, 0.15) is 18.5 Å². The van der Waals surface area contributed by atoms with Crippen molar-refractivity contribution in [3.63, 3.8) is 0 Å². The highest BCUT2D eigenvalue weighted by molar-refractivity contribution is 5.82. The van der Waals surface area contributed by atoms with Gasteiger partial charge in [-0.25, -0.2) is 19.3 Å². The van der Waals surface area contributed by atoms with Gasteiger partial charge in [0.1, 0.15) is 17.7 Å². The van der Waals surface area contributed by atoms with Crippen molar-refractivity contribution in [1.82, 2.24) is 19.9 Å². The molecule has 0 saturated carbocycles. The minimum atomic E-state index is -0.235. The highest BCUT2D eigenvalue weighted by Gasteiger charge is 2.17. The van der Waals surface area contributed by atoms with E-state index in [1.807, 2.05) is 18.9 Å². The van der Waals surface area contributed by atoms with Crippen LogP contribution < -0.4 is 4.90 Å². The third-order valence-electron chi connectivity index (χ3n) is 3.47. The fourth-order valence-electron chi connectivity index (χ4n) is 2.17. The van der Waals surface area contributed by atoms with Crippen LogP contribution in [0.3, 0.4) is 0 Å². The van der Waals surface area contributed by atoms with Crippen molar-refractivity contribution in [3.05, 3.63) is 48.3 Å². The first kappa shape index (κ1) is 12.5. The molecular weight excluding hydrogens is 257 g/mol. The number of rotatable bonds is 3. The lowest BCUT2D eigenvalue weighted by Gasteiger charge is -2.26. The van der Waals surface area contributed by atoms with Crippen LogP contribution in [0.4, 0.5) is 10.2 Å². The molecule has 5 nitrogen and oxygen atoms in total. The Labute approximate surface area is 115 Å². The van der Waals surface area contributed by atoms with E-state index in [0.29, 0.717) is 5.65 Å². The third-order valence-corrected chi connectivity index (χ3v) is 3.47. The summed E-state index contributed by atoms with van der Waals surface area (Å²) in [6.45, 7) is 2.04. The number of aromatic nitrogens is 4. The van der Waals surface area contributed by atoms with Gasteiger partial charge >= 0.3 is 0 Å². The van der Waals surface area contributed by atoms with Crippen LogP contribution in [-0.4, -0.2) is 27.0 Å². The summed E-state index contributed by atoms with van der Waals surface area (Å²) in [6, 6.07) is 6.54. The molecule has 2 heterocycles. The number of anilines is 1. The number of nitrogens with zero attached hydrogens (tertiary/aromatic N) is 4. The van der Waals surface area contributed by atoms with Gasteiger partial charge in [0.05, 0.1) is 12.4 Å². The summed E-state index contributed by atoms with van der Waals surface area (Å²) in [7, 11) is 1.94. The monoisotopic (exact) mass is 271 g/mol. The second-order valence-corrected chi connectivity index (χ2v) is 4.64. The van der Waals surface area contributed by atoms with Gasteiger partial charge in [0.25, 0.3) is 0 Å². The van der Waals surface area contributed by atoms with Crippen LogP contribution in [-0.2, 0) is 0 Å². The van der Waals surface area contributed by atoms with E-state index in [2.05, 4.69) is 19.9 Å². The van der Waals surface area contributed by atoms with Gasteiger partial charge in [-0.2, -0.15) is 0 Å². The van der Waals surface area contributed by atoms with Crippen LogP contribution >= 0.6 is 0 Å². The van der Waals surface area contributed by atoms with Crippen molar-refractivity contribution in [3.8, 4) is 0 Å². The summed E-state index contributed by atoms with van der Waals surface area (Å²) in [5, 5.41) is 0. The maximum atomic E-state index is 13.0. The van der Waals surface area contributed by atoms with E-state index in [9.17, 15) is 4.39 Å². The summed E-state index contributed by atoms with van der Waals surface area (Å²) in [6.07, 6.45) is 3.09. The second kappa shape index (κ2) is 4.88. The van der Waals surface area contributed by atoms with Crippen molar-refractivity contribution < 1.29 is 4.39 Å². The molecule has 6 heteroatoms. The Balaban J connectivity index is 1.97. The van der Waals surface area contributed by atoms with Gasteiger partial charge in [0, 0.05) is 7.05 Å². The summed E-state index contributed by atoms with van der Waals surface area (Å²) >= 11 is 0. The first-order valence-electron chi connectivity index (χ1n) is 6.29. The molecule has 3 aromatic rings. The summed E-state index contributed by atoms with van der Waals surface area (Å²) in [5.41, 5.74) is 2.44. The van der Waals surface area contributed by atoms with E-state index >= 15 is 0 Å². The summed E-state index contributed by atoms with van der Waals surface area (Å²) in [5.74, 6) is 0.533. The molecule has 0 bridgehead atoms. The first-order chi connectivity index (χ1) is 9.66. The second-order valence-electron chi connectivity index (χ2n) is 4.64. The van der Waals surface area contributed by atoms with E-state index < -0.39 is 0 Å². The zero-order valence-electron chi connectivity index (χ0n) is 11.2. The normalized spacial score (nSPS) is 12.6. The van der Waals surface area contributed by atoms with Gasteiger partial charge in [-0.3, -0.25) is 0 Å². The van der Waals surface area contributed by atoms with Crippen molar-refractivity contribution in [2.45, 2.75) is 13.0 Å². The van der Waals surface area contributed by atoms with E-state index in [-0.39, 0.29) is 11.9 Å². The first-order valence-corrected chi connectivity index (χ1v) is 6.29. The standard InChI is InChI=1S/C14H14FN5/c1-9(10-3-5-11(15)6-4-10)20(2)14-12-13(17-7-16-12)18-8-19-14/h3-9H,1-2H3,(H,16,17,18,19). The van der Waals surface area contributed by atoms with E-state index in [4.69, 9.17) is 0 Å². The molecule has 1 unspecified atom stereocenters. The Kier molecular flexibility index (Phi) is 3.06. The molecule has 1 N–H and O–H groups in total. The maximum Gasteiger partial charge on any atom is 0.182 e. The molecule has 0 spiro atoms. The number of H-pyrrole nitrogens is 1. The fraction of sp³-hybridized carbons (Fsp3) is 0.214. The van der Waals surface area contributed by atoms with Crippen LogP contribution in [0.5, 0.6) is 0 Å². The predicted octanol–water partition coefficient (Wildman–Crippen LogP) is 2.69. The number of hydrogen-bond donors (Lipinski definition) is 1. The molecule has 1 aromatic carbocycles. The lowest BCUT2D eigenvalue weighted by atomic mass is 10.1. The number of halogens is 1. The minimum Gasteiger partial charge on any atom is -0.351 e. The predicted molar refractivity (Wildman–Crippen MR) is 74.9 cm³/mol. The largest absolute Gasteiger partial charge is 0.351 e. The molecule has 0 saturated heterocycles. The number of nitrogens with one attached hydrogen (secondary N) is 1. The quantitative estimate of drug-likeness (QED) is 0.795. The Hall–Kier alpha value is -2.50. The Morgan fingerprint density at radius 1 is 1.15 bits per heavy atom. The highest BCUT2D eigenvalue weighted by Crippen LogP contribution is 2.27. The highest BCUT2D eigenvalue weighted by atomic mass is 19.1. The van der Waals surface area contributed by atoms with Crippen LogP contribution in [0, 0.1) is 5.82 Å². The van der Waals surface area contributed by atoms with Gasteiger partial charge in [0.2, 0.25) is 0 Å². The molecule has 3 rings (SSSR count). The van der Waals surface area contributed by atoms with E-state index in [1.165, 1.54) is 18.5 Å². The number of fused-ring (bicyclic) bond motifs is 1. The van der Waals surface area contributed by atoms with Crippen molar-refractivity contribution in [2.24, 2.45) is 0 Å². The average molecular weight is 271 g/mol. The summed E-state index contributed by atoms with van der Waals surface area (Å²) < 4.78 is 13.0. The Morgan fingerprint density at radius 2 is 1.90 bits per heavy atom. The fourth-order valence-corrected chi connectivity index (χ4v) is 2.17. The van der Waals surface area contributed by atoms with Gasteiger partial charge in [0.15, 0.2) is 11.5 Å². The van der Waals surface area contributed by atoms with Gasteiger partial charge in [-0.05, 0) is 24.6 Å². The number of aromatic amines is 1. The molecule has 0 radical (unpaired) electrons. The topological polar surface area (TPSA) is 57.7 Å². The molecule has 0 aliphatic rings. The molecule has 102 valence electrons. The minimum absolute atomic E-state index is 0.0528. The van der Waals surface area contributed by atoms with Gasteiger partial charge < -0.3 is 9.88 Å². The van der Waals surface area contributed by atoms with E-state index in [0.717, 1.165) is 16.9 Å². The van der Waals surface area contributed by atoms with Crippen molar-refractivity contribution in [2.75, 3.05) is 11.9 Å². The third kappa shape index (κ3) is 2.09. The number of benzene rings is 1. The van der Waals surface area contributed by atoms with Crippen molar-refractivity contribution in [1.29, 1.82) is 0 Å². The SMILES string of the molecule is CC(c1ccc(F)cc1)N(C)c1ncnc2nc[nH]c12. The zero-order valence-corrected chi connectivity index (χ0v) is 11.2. The molecule has 0 aliphatic heterocycles. The number of imidazole rings is 1. The lowest BCUT2D eigenvalue weighted by molar-refractivity contribution is 0.625. The smallest absolute Gasteiger partial charge is 0.182 e.